The number of nitrogens with zero attached hydrogens (tertiary/aromatic N) is 1. The lowest BCUT2D eigenvalue weighted by atomic mass is 10.1. The predicted octanol–water partition coefficient (Wildman–Crippen LogP) is 2.98. The fourth-order valence-electron chi connectivity index (χ4n) is 2.65. The van der Waals surface area contributed by atoms with Gasteiger partial charge in [-0.15, -0.1) is 0 Å². The Morgan fingerprint density at radius 1 is 1.38 bits per heavy atom. The predicted molar refractivity (Wildman–Crippen MR) is 70.6 cm³/mol. The standard InChI is InChI=1S/C13H15BrN2/c1-16-12-5-4-9(14)7-11(12)10-3-2-6-15-8-13(10)16/h4-5,7,15H,2-3,6,8H2,1H3. The van der Waals surface area contributed by atoms with Crippen LogP contribution in [0.3, 0.4) is 0 Å². The minimum Gasteiger partial charge on any atom is -0.346 e. The molecular weight excluding hydrogens is 264 g/mol. The summed E-state index contributed by atoms with van der Waals surface area (Å²) in [5.74, 6) is 0. The number of hydrogen-bond acceptors (Lipinski definition) is 1. The maximum Gasteiger partial charge on any atom is 0.0483 e. The molecule has 2 aromatic rings. The van der Waals surface area contributed by atoms with Crippen LogP contribution in [0.15, 0.2) is 22.7 Å². The summed E-state index contributed by atoms with van der Waals surface area (Å²) in [5, 5.41) is 4.90. The highest BCUT2D eigenvalue weighted by molar-refractivity contribution is 9.10. The van der Waals surface area contributed by atoms with Crippen LogP contribution in [-0.2, 0) is 20.0 Å². The average molecular weight is 279 g/mol. The van der Waals surface area contributed by atoms with E-state index in [1.165, 1.54) is 39.5 Å². The van der Waals surface area contributed by atoms with Gasteiger partial charge in [0.25, 0.3) is 0 Å². The molecule has 1 aromatic carbocycles. The molecule has 1 aliphatic rings. The maximum atomic E-state index is 3.56. The third kappa shape index (κ3) is 1.50. The van der Waals surface area contributed by atoms with Crippen molar-refractivity contribution in [3.8, 4) is 0 Å². The molecule has 0 saturated heterocycles. The Bertz CT molecular complexity index is 542. The normalized spacial score (nSPS) is 16.1. The monoisotopic (exact) mass is 278 g/mol. The van der Waals surface area contributed by atoms with Gasteiger partial charge in [0.2, 0.25) is 0 Å². The Kier molecular flexibility index (Phi) is 2.52. The van der Waals surface area contributed by atoms with Crippen molar-refractivity contribution >= 4 is 26.8 Å². The van der Waals surface area contributed by atoms with Gasteiger partial charge in [-0.05, 0) is 43.1 Å². The van der Waals surface area contributed by atoms with Crippen LogP contribution in [0, 0.1) is 0 Å². The van der Waals surface area contributed by atoms with Crippen molar-refractivity contribution in [1.82, 2.24) is 9.88 Å². The van der Waals surface area contributed by atoms with Crippen molar-refractivity contribution in [2.45, 2.75) is 19.4 Å². The molecule has 0 spiro atoms. The summed E-state index contributed by atoms with van der Waals surface area (Å²) in [4.78, 5) is 0. The van der Waals surface area contributed by atoms with E-state index in [9.17, 15) is 0 Å². The van der Waals surface area contributed by atoms with E-state index in [0.29, 0.717) is 0 Å². The Balaban J connectivity index is 2.32. The minimum atomic E-state index is 0.998. The summed E-state index contributed by atoms with van der Waals surface area (Å²) >= 11 is 3.56. The molecule has 0 amide bonds. The van der Waals surface area contributed by atoms with Crippen LogP contribution in [0.5, 0.6) is 0 Å². The third-order valence-corrected chi connectivity index (χ3v) is 3.96. The van der Waals surface area contributed by atoms with Crippen molar-refractivity contribution in [1.29, 1.82) is 0 Å². The van der Waals surface area contributed by atoms with E-state index in [0.717, 1.165) is 13.1 Å². The molecular formula is C13H15BrN2. The van der Waals surface area contributed by atoms with Crippen LogP contribution >= 0.6 is 15.9 Å². The number of halogens is 1. The molecule has 3 heteroatoms. The van der Waals surface area contributed by atoms with Gasteiger partial charge in [-0.25, -0.2) is 0 Å². The fraction of sp³-hybridized carbons (Fsp3) is 0.385. The molecule has 3 rings (SSSR count). The lowest BCUT2D eigenvalue weighted by Gasteiger charge is -2.04. The van der Waals surface area contributed by atoms with Gasteiger partial charge in [-0.1, -0.05) is 15.9 Å². The number of nitrogens with one attached hydrogen (secondary N) is 1. The summed E-state index contributed by atoms with van der Waals surface area (Å²) in [6, 6.07) is 6.57. The van der Waals surface area contributed by atoms with E-state index in [-0.39, 0.29) is 0 Å². The van der Waals surface area contributed by atoms with E-state index in [2.05, 4.69) is 51.1 Å². The number of benzene rings is 1. The van der Waals surface area contributed by atoms with Crippen molar-refractivity contribution in [2.24, 2.45) is 7.05 Å². The molecule has 2 nitrogen and oxygen atoms in total. The van der Waals surface area contributed by atoms with Crippen LogP contribution in [-0.4, -0.2) is 11.1 Å². The van der Waals surface area contributed by atoms with Gasteiger partial charge in [0.1, 0.15) is 0 Å². The number of fused-ring (bicyclic) bond motifs is 3. The first-order chi connectivity index (χ1) is 7.77. The molecule has 0 aliphatic carbocycles. The fourth-order valence-corrected chi connectivity index (χ4v) is 3.01. The average Bonchev–Trinajstić information content (AvgIpc) is 2.47. The van der Waals surface area contributed by atoms with Crippen LogP contribution in [0.4, 0.5) is 0 Å². The molecule has 1 aliphatic heterocycles. The van der Waals surface area contributed by atoms with Gasteiger partial charge in [-0.3, -0.25) is 0 Å². The first-order valence-electron chi connectivity index (χ1n) is 5.74. The van der Waals surface area contributed by atoms with Gasteiger partial charge in [0.05, 0.1) is 0 Å². The first kappa shape index (κ1) is 10.4. The Morgan fingerprint density at radius 2 is 2.25 bits per heavy atom. The quantitative estimate of drug-likeness (QED) is 0.784. The van der Waals surface area contributed by atoms with Gasteiger partial charge in [0, 0.05) is 34.7 Å². The second-order valence-electron chi connectivity index (χ2n) is 4.43. The van der Waals surface area contributed by atoms with Gasteiger partial charge >= 0.3 is 0 Å². The Morgan fingerprint density at radius 3 is 3.12 bits per heavy atom. The van der Waals surface area contributed by atoms with Crippen LogP contribution in [0.2, 0.25) is 0 Å². The lowest BCUT2D eigenvalue weighted by molar-refractivity contribution is 0.661. The topological polar surface area (TPSA) is 17.0 Å². The molecule has 0 bridgehead atoms. The molecule has 2 heterocycles. The summed E-state index contributed by atoms with van der Waals surface area (Å²) in [5.41, 5.74) is 4.33. The summed E-state index contributed by atoms with van der Waals surface area (Å²) in [6.45, 7) is 2.13. The Labute approximate surface area is 104 Å². The summed E-state index contributed by atoms with van der Waals surface area (Å²) in [7, 11) is 2.17. The second kappa shape index (κ2) is 3.90. The SMILES string of the molecule is Cn1c2c(c3cc(Br)ccc31)CCCNC2. The molecule has 84 valence electrons. The highest BCUT2D eigenvalue weighted by Crippen LogP contribution is 2.30. The number of rotatable bonds is 0. The van der Waals surface area contributed by atoms with Crippen LogP contribution in [0.1, 0.15) is 17.7 Å². The lowest BCUT2D eigenvalue weighted by Crippen LogP contribution is -2.14. The maximum absolute atomic E-state index is 3.56. The van der Waals surface area contributed by atoms with Crippen molar-refractivity contribution in [3.63, 3.8) is 0 Å². The summed E-state index contributed by atoms with van der Waals surface area (Å²) < 4.78 is 3.50. The van der Waals surface area contributed by atoms with E-state index in [1.54, 1.807) is 0 Å². The number of hydrogen-bond donors (Lipinski definition) is 1. The molecule has 1 aromatic heterocycles. The molecule has 0 atom stereocenters. The highest BCUT2D eigenvalue weighted by atomic mass is 79.9. The first-order valence-corrected chi connectivity index (χ1v) is 6.53. The van der Waals surface area contributed by atoms with Gasteiger partial charge in [0.15, 0.2) is 0 Å². The number of aryl methyl sites for hydroxylation is 2. The van der Waals surface area contributed by atoms with Crippen molar-refractivity contribution < 1.29 is 0 Å². The summed E-state index contributed by atoms with van der Waals surface area (Å²) in [6.07, 6.45) is 2.43. The van der Waals surface area contributed by atoms with Crippen molar-refractivity contribution in [3.05, 3.63) is 33.9 Å². The molecule has 16 heavy (non-hydrogen) atoms. The van der Waals surface area contributed by atoms with Gasteiger partial charge < -0.3 is 9.88 Å². The van der Waals surface area contributed by atoms with Crippen LogP contribution in [0.25, 0.3) is 10.9 Å². The zero-order chi connectivity index (χ0) is 11.1. The third-order valence-electron chi connectivity index (χ3n) is 3.47. The number of aromatic nitrogens is 1. The molecule has 1 N–H and O–H groups in total. The zero-order valence-corrected chi connectivity index (χ0v) is 11.0. The largest absolute Gasteiger partial charge is 0.346 e. The van der Waals surface area contributed by atoms with E-state index < -0.39 is 0 Å². The highest BCUT2D eigenvalue weighted by Gasteiger charge is 2.16. The van der Waals surface area contributed by atoms with E-state index in [4.69, 9.17) is 0 Å². The minimum absolute atomic E-state index is 0.998. The van der Waals surface area contributed by atoms with E-state index in [1.807, 2.05) is 0 Å². The molecule has 0 saturated carbocycles. The zero-order valence-electron chi connectivity index (χ0n) is 9.39. The second-order valence-corrected chi connectivity index (χ2v) is 5.34. The molecule has 0 fully saturated rings. The smallest absolute Gasteiger partial charge is 0.0483 e. The van der Waals surface area contributed by atoms with Crippen LogP contribution < -0.4 is 5.32 Å². The van der Waals surface area contributed by atoms with E-state index >= 15 is 0 Å². The molecule has 0 radical (unpaired) electrons. The van der Waals surface area contributed by atoms with Gasteiger partial charge in [-0.2, -0.15) is 0 Å². The Hall–Kier alpha value is -0.800. The van der Waals surface area contributed by atoms with Crippen molar-refractivity contribution in [2.75, 3.05) is 6.54 Å². The molecule has 0 unspecified atom stereocenters.